The molecular weight excluding hydrogens is 370 g/mol. The van der Waals surface area contributed by atoms with Crippen molar-refractivity contribution >= 4 is 33.0 Å². The van der Waals surface area contributed by atoms with E-state index < -0.39 is 10.0 Å². The van der Waals surface area contributed by atoms with E-state index >= 15 is 0 Å². The van der Waals surface area contributed by atoms with Crippen LogP contribution in [0.25, 0.3) is 11.2 Å². The van der Waals surface area contributed by atoms with Gasteiger partial charge in [-0.05, 0) is 19.8 Å². The topological polar surface area (TPSA) is 125 Å². The lowest BCUT2D eigenvalue weighted by atomic mass is 10.2. The van der Waals surface area contributed by atoms with Crippen LogP contribution in [0.3, 0.4) is 0 Å². The van der Waals surface area contributed by atoms with E-state index in [1.54, 1.807) is 6.33 Å². The number of aromatic nitrogens is 4. The second kappa shape index (κ2) is 7.95. The predicted molar refractivity (Wildman–Crippen MR) is 104 cm³/mol. The molecule has 0 saturated carbocycles. The summed E-state index contributed by atoms with van der Waals surface area (Å²) in [6, 6.07) is -0.183. The zero-order valence-corrected chi connectivity index (χ0v) is 16.7. The smallest absolute Gasteiger partial charge is 0.227 e. The van der Waals surface area contributed by atoms with Gasteiger partial charge in [-0.25, -0.2) is 17.7 Å². The largest absolute Gasteiger partial charge is 0.394 e. The summed E-state index contributed by atoms with van der Waals surface area (Å²) >= 11 is 0. The van der Waals surface area contributed by atoms with Gasteiger partial charge in [0.15, 0.2) is 17.0 Å². The van der Waals surface area contributed by atoms with E-state index in [4.69, 9.17) is 0 Å². The second-order valence-electron chi connectivity index (χ2n) is 6.78. The second-order valence-corrected chi connectivity index (χ2v) is 8.76. The molecule has 0 unspecified atom stereocenters. The summed E-state index contributed by atoms with van der Waals surface area (Å²) in [5, 5.41) is 15.9. The number of aliphatic hydroxyl groups excluding tert-OH is 1. The Morgan fingerprint density at radius 1 is 1.37 bits per heavy atom. The number of nitrogens with zero attached hydrogens (tertiary/aromatic N) is 5. The van der Waals surface area contributed by atoms with E-state index in [-0.39, 0.29) is 18.7 Å². The van der Waals surface area contributed by atoms with Gasteiger partial charge < -0.3 is 20.3 Å². The molecule has 1 fully saturated rings. The third kappa shape index (κ3) is 4.30. The first-order valence-electron chi connectivity index (χ1n) is 9.17. The quantitative estimate of drug-likeness (QED) is 0.587. The maximum absolute atomic E-state index is 11.8. The Kier molecular flexibility index (Phi) is 5.82. The van der Waals surface area contributed by atoms with Gasteiger partial charge in [0.1, 0.15) is 0 Å². The SMILES string of the molecule is CC[C@H](CO)Nc1nc(N[C@H]2CCN(S(C)(=O)=O)C2)c2ncn(CC)c2n1. The highest BCUT2D eigenvalue weighted by Crippen LogP contribution is 2.24. The molecule has 0 radical (unpaired) electrons. The van der Waals surface area contributed by atoms with Crippen LogP contribution in [-0.4, -0.2) is 75.4 Å². The summed E-state index contributed by atoms with van der Waals surface area (Å²) < 4.78 is 26.9. The van der Waals surface area contributed by atoms with Gasteiger partial charge >= 0.3 is 0 Å². The van der Waals surface area contributed by atoms with Crippen molar-refractivity contribution in [1.82, 2.24) is 23.8 Å². The van der Waals surface area contributed by atoms with Crippen molar-refractivity contribution in [2.24, 2.45) is 0 Å². The molecule has 2 aromatic heterocycles. The number of rotatable bonds is 8. The maximum atomic E-state index is 11.8. The number of hydrogen-bond donors (Lipinski definition) is 3. The lowest BCUT2D eigenvalue weighted by Crippen LogP contribution is -2.31. The van der Waals surface area contributed by atoms with Crippen LogP contribution in [0, 0.1) is 0 Å². The highest BCUT2D eigenvalue weighted by Gasteiger charge is 2.29. The average molecular weight is 398 g/mol. The van der Waals surface area contributed by atoms with Gasteiger partial charge in [-0.1, -0.05) is 6.92 Å². The standard InChI is InChI=1S/C16H27N7O3S/c1-4-11(9-24)19-16-20-14(13-15(21-16)22(5-2)10-17-13)18-12-6-7-23(8-12)27(3,25)26/h10-12,24H,4-9H2,1-3H3,(H2,18,19,20,21)/t11-,12+/m1/s1. The van der Waals surface area contributed by atoms with Gasteiger partial charge in [-0.15, -0.1) is 0 Å². The van der Waals surface area contributed by atoms with Crippen molar-refractivity contribution in [3.05, 3.63) is 6.33 Å². The molecule has 3 N–H and O–H groups in total. The van der Waals surface area contributed by atoms with Crippen LogP contribution in [0.15, 0.2) is 6.33 Å². The summed E-state index contributed by atoms with van der Waals surface area (Å²) in [7, 11) is -3.20. The lowest BCUT2D eigenvalue weighted by Gasteiger charge is -2.18. The van der Waals surface area contributed by atoms with Gasteiger partial charge in [-0.2, -0.15) is 9.97 Å². The Morgan fingerprint density at radius 3 is 2.74 bits per heavy atom. The van der Waals surface area contributed by atoms with Crippen molar-refractivity contribution in [3.63, 3.8) is 0 Å². The number of sulfonamides is 1. The first kappa shape index (κ1) is 19.8. The van der Waals surface area contributed by atoms with Crippen molar-refractivity contribution in [2.75, 3.05) is 36.6 Å². The van der Waals surface area contributed by atoms with Crippen LogP contribution in [0.1, 0.15) is 26.7 Å². The number of hydrogen-bond acceptors (Lipinski definition) is 8. The van der Waals surface area contributed by atoms with E-state index in [0.29, 0.717) is 42.4 Å². The molecule has 0 amide bonds. The highest BCUT2D eigenvalue weighted by molar-refractivity contribution is 7.88. The van der Waals surface area contributed by atoms with E-state index in [1.807, 2.05) is 18.4 Å². The molecule has 0 bridgehead atoms. The minimum absolute atomic E-state index is 0.0142. The van der Waals surface area contributed by atoms with Crippen LogP contribution >= 0.6 is 0 Å². The molecule has 0 aromatic carbocycles. The van der Waals surface area contributed by atoms with Crippen molar-refractivity contribution in [1.29, 1.82) is 0 Å². The molecule has 11 heteroatoms. The number of aryl methyl sites for hydroxylation is 1. The van der Waals surface area contributed by atoms with Gasteiger partial charge in [0, 0.05) is 25.7 Å². The summed E-state index contributed by atoms with van der Waals surface area (Å²) in [6.45, 7) is 5.57. The Bertz CT molecular complexity index is 895. The Morgan fingerprint density at radius 2 is 2.15 bits per heavy atom. The molecule has 10 nitrogen and oxygen atoms in total. The van der Waals surface area contributed by atoms with E-state index in [2.05, 4.69) is 25.6 Å². The number of fused-ring (bicyclic) bond motifs is 1. The normalized spacial score (nSPS) is 19.5. The number of aliphatic hydroxyl groups is 1. The van der Waals surface area contributed by atoms with Crippen LogP contribution in [-0.2, 0) is 16.6 Å². The third-order valence-electron chi connectivity index (χ3n) is 4.81. The fourth-order valence-corrected chi connectivity index (χ4v) is 4.03. The fourth-order valence-electron chi connectivity index (χ4n) is 3.14. The predicted octanol–water partition coefficient (Wildman–Crippen LogP) is 0.475. The van der Waals surface area contributed by atoms with Gasteiger partial charge in [-0.3, -0.25) is 0 Å². The molecule has 2 atom stereocenters. The zero-order valence-electron chi connectivity index (χ0n) is 15.9. The molecule has 3 rings (SSSR count). The minimum Gasteiger partial charge on any atom is -0.394 e. The zero-order chi connectivity index (χ0) is 19.6. The van der Waals surface area contributed by atoms with E-state index in [9.17, 15) is 13.5 Å². The van der Waals surface area contributed by atoms with Crippen LogP contribution in [0.2, 0.25) is 0 Å². The highest BCUT2D eigenvalue weighted by atomic mass is 32.2. The van der Waals surface area contributed by atoms with Crippen LogP contribution in [0.5, 0.6) is 0 Å². The molecule has 2 aromatic rings. The number of imidazole rings is 1. The van der Waals surface area contributed by atoms with Crippen LogP contribution < -0.4 is 10.6 Å². The number of anilines is 2. The Balaban J connectivity index is 1.90. The Labute approximate surface area is 159 Å². The van der Waals surface area contributed by atoms with E-state index in [0.717, 1.165) is 13.0 Å². The molecule has 1 saturated heterocycles. The fraction of sp³-hybridized carbons (Fsp3) is 0.688. The molecule has 1 aliphatic rings. The summed E-state index contributed by atoms with van der Waals surface area (Å²) in [5.74, 6) is 0.988. The van der Waals surface area contributed by atoms with Gasteiger partial charge in [0.05, 0.1) is 25.2 Å². The maximum Gasteiger partial charge on any atom is 0.227 e. The van der Waals surface area contributed by atoms with Gasteiger partial charge in [0.2, 0.25) is 16.0 Å². The number of nitrogens with one attached hydrogen (secondary N) is 2. The molecule has 0 spiro atoms. The molecule has 0 aliphatic carbocycles. The monoisotopic (exact) mass is 397 g/mol. The molecule has 27 heavy (non-hydrogen) atoms. The third-order valence-corrected chi connectivity index (χ3v) is 6.08. The van der Waals surface area contributed by atoms with Crippen molar-refractivity contribution in [2.45, 2.75) is 45.3 Å². The van der Waals surface area contributed by atoms with Gasteiger partial charge in [0.25, 0.3) is 0 Å². The Hall–Kier alpha value is -1.98. The molecule has 1 aliphatic heterocycles. The summed E-state index contributed by atoms with van der Waals surface area (Å²) in [4.78, 5) is 13.5. The molecule has 3 heterocycles. The van der Waals surface area contributed by atoms with Crippen molar-refractivity contribution < 1.29 is 13.5 Å². The molecular formula is C16H27N7O3S. The van der Waals surface area contributed by atoms with E-state index in [1.165, 1.54) is 10.6 Å². The minimum atomic E-state index is -3.20. The van der Waals surface area contributed by atoms with Crippen LogP contribution in [0.4, 0.5) is 11.8 Å². The average Bonchev–Trinajstić information content (AvgIpc) is 3.26. The first-order valence-corrected chi connectivity index (χ1v) is 11.0. The summed E-state index contributed by atoms with van der Waals surface area (Å²) in [6.07, 6.45) is 4.38. The molecule has 150 valence electrons. The first-order chi connectivity index (χ1) is 12.9. The lowest BCUT2D eigenvalue weighted by molar-refractivity contribution is 0.271. The summed E-state index contributed by atoms with van der Waals surface area (Å²) in [5.41, 5.74) is 1.35. The van der Waals surface area contributed by atoms with Crippen molar-refractivity contribution in [3.8, 4) is 0 Å².